The molecule has 96 heavy (non-hydrogen) atoms. The second-order valence-corrected chi connectivity index (χ2v) is 27.6. The van der Waals surface area contributed by atoms with Gasteiger partial charge in [0.2, 0.25) is 0 Å². The number of halogens is 3. The Bertz CT molecular complexity index is 5730. The summed E-state index contributed by atoms with van der Waals surface area (Å²) in [5, 5.41) is 7.49. The Kier molecular flexibility index (Phi) is 13.5. The van der Waals surface area contributed by atoms with Gasteiger partial charge < -0.3 is 18.6 Å². The lowest BCUT2D eigenvalue weighted by molar-refractivity contribution is 0.590. The van der Waals surface area contributed by atoms with Crippen molar-refractivity contribution in [2.45, 2.75) is 57.8 Å². The average molecular weight is 1250 g/mol. The fourth-order valence-corrected chi connectivity index (χ4v) is 15.0. The minimum absolute atomic E-state index is 0.146. The smallest absolute Gasteiger partial charge is 0.145 e. The van der Waals surface area contributed by atoms with Gasteiger partial charge in [-0.25, -0.2) is 13.2 Å². The van der Waals surface area contributed by atoms with Crippen molar-refractivity contribution in [3.8, 4) is 33.4 Å². The number of benzene rings is 14. The van der Waals surface area contributed by atoms with E-state index in [2.05, 4.69) is 252 Å². The molecule has 1 aliphatic carbocycles. The van der Waals surface area contributed by atoms with E-state index >= 15 is 13.2 Å². The van der Waals surface area contributed by atoms with Crippen molar-refractivity contribution < 1.29 is 22.0 Å². The number of nitrogens with zero attached hydrogens (tertiary/aromatic N) is 2. The van der Waals surface area contributed by atoms with Crippen LogP contribution in [0.3, 0.4) is 0 Å². The van der Waals surface area contributed by atoms with Gasteiger partial charge in [-0.05, 0) is 209 Å². The highest BCUT2D eigenvalue weighted by Gasteiger charge is 2.51. The number of hydrogen-bond donors (Lipinski definition) is 0. The van der Waals surface area contributed by atoms with Gasteiger partial charge in [-0.3, -0.25) is 0 Å². The molecular weight excluding hydrogens is 1190 g/mol. The molecule has 2 aromatic heterocycles. The first kappa shape index (κ1) is 58.4. The Labute approximate surface area is 555 Å². The Morgan fingerprint density at radius 1 is 0.312 bits per heavy atom. The minimum atomic E-state index is -1.52. The summed E-state index contributed by atoms with van der Waals surface area (Å²) in [6.07, 6.45) is 0. The molecule has 0 fully saturated rings. The second-order valence-electron chi connectivity index (χ2n) is 27.6. The molecule has 0 saturated heterocycles. The maximum Gasteiger partial charge on any atom is 0.145 e. The first-order chi connectivity index (χ1) is 46.5. The summed E-state index contributed by atoms with van der Waals surface area (Å²) in [5.74, 6) is -1.37. The van der Waals surface area contributed by atoms with Crippen LogP contribution in [0.5, 0.6) is 0 Å². The van der Waals surface area contributed by atoms with Crippen LogP contribution in [0.4, 0.5) is 47.3 Å². The summed E-state index contributed by atoms with van der Waals surface area (Å²) >= 11 is 0. The zero-order valence-electron chi connectivity index (χ0n) is 54.0. The van der Waals surface area contributed by atoms with Crippen LogP contribution < -0.4 is 9.80 Å². The third-order valence-corrected chi connectivity index (χ3v) is 19.8. The maximum absolute atomic E-state index is 17.0. The number of rotatable bonds is 10. The van der Waals surface area contributed by atoms with Crippen LogP contribution in [0.2, 0.25) is 0 Å². The van der Waals surface area contributed by atoms with Gasteiger partial charge in [-0.1, -0.05) is 205 Å². The maximum atomic E-state index is 17.0. The van der Waals surface area contributed by atoms with Crippen molar-refractivity contribution in [3.63, 3.8) is 0 Å². The molecule has 0 unspecified atom stereocenters. The Morgan fingerprint density at radius 3 is 1.15 bits per heavy atom. The van der Waals surface area contributed by atoms with E-state index in [1.54, 1.807) is 36.4 Å². The normalized spacial score (nSPS) is 12.9. The first-order valence-electron chi connectivity index (χ1n) is 32.8. The topological polar surface area (TPSA) is 32.8 Å². The average Bonchev–Trinajstić information content (AvgIpc) is 1.50. The largest absolute Gasteiger partial charge is 0.455 e. The molecule has 1 aliphatic rings. The van der Waals surface area contributed by atoms with Crippen LogP contribution in [-0.2, 0) is 16.2 Å². The molecule has 0 N–H and O–H groups in total. The standard InChI is InChI=1S/C89H65F3N2O2/c1-87(2,3)62-33-42-71(43-34-62)93(69-38-29-56(30-39-69)60-27-25-54-15-7-9-17-58(54)47-60)77-52-75-83(85-81(77)73-23-11-12-24-79(73)95-85)84-76(89(75,64-19-13-21-66(90)49-64)65-20-14-22-67(91)50-65)53-78(82-74-51-68(92)37-46-80(74)96-86(82)84)94(72-44-35-63(36-45-72)88(4,5)6)70-40-31-57(32-41-70)61-28-26-55-16-8-10-18-59(55)48-61/h7-53H,1-6H3. The molecule has 0 atom stereocenters. The highest BCUT2D eigenvalue weighted by Crippen LogP contribution is 2.65. The van der Waals surface area contributed by atoms with Gasteiger partial charge in [0.05, 0.1) is 27.6 Å². The molecule has 2 heterocycles. The van der Waals surface area contributed by atoms with Crippen molar-refractivity contribution in [3.05, 3.63) is 336 Å². The zero-order chi connectivity index (χ0) is 65.4. The van der Waals surface area contributed by atoms with Gasteiger partial charge >= 0.3 is 0 Å². The molecule has 4 nitrogen and oxygen atoms in total. The molecule has 16 aromatic rings. The van der Waals surface area contributed by atoms with Gasteiger partial charge in [0.25, 0.3) is 0 Å². The predicted molar refractivity (Wildman–Crippen MR) is 391 cm³/mol. The summed E-state index contributed by atoms with van der Waals surface area (Å²) in [5.41, 5.74) is 15.5. The molecule has 0 saturated carbocycles. The fourth-order valence-electron chi connectivity index (χ4n) is 15.0. The molecule has 0 radical (unpaired) electrons. The Morgan fingerprint density at radius 2 is 0.698 bits per heavy atom. The highest BCUT2D eigenvalue weighted by atomic mass is 19.1. The van der Waals surface area contributed by atoms with E-state index < -0.39 is 22.9 Å². The van der Waals surface area contributed by atoms with Crippen molar-refractivity contribution in [2.24, 2.45) is 0 Å². The fraction of sp³-hybridized carbons (Fsp3) is 0.101. The van der Waals surface area contributed by atoms with Crippen LogP contribution in [0.25, 0.3) is 98.8 Å². The van der Waals surface area contributed by atoms with Crippen molar-refractivity contribution in [2.75, 3.05) is 9.80 Å². The summed E-state index contributed by atoms with van der Waals surface area (Å²) in [6.45, 7) is 13.3. The van der Waals surface area contributed by atoms with Crippen molar-refractivity contribution in [1.29, 1.82) is 0 Å². The minimum Gasteiger partial charge on any atom is -0.455 e. The summed E-state index contributed by atoms with van der Waals surface area (Å²) in [7, 11) is 0. The van der Waals surface area contributed by atoms with Gasteiger partial charge in [-0.15, -0.1) is 0 Å². The monoisotopic (exact) mass is 1250 g/mol. The van der Waals surface area contributed by atoms with Crippen LogP contribution in [0.15, 0.2) is 294 Å². The van der Waals surface area contributed by atoms with Crippen LogP contribution in [-0.4, -0.2) is 0 Å². The predicted octanol–water partition coefficient (Wildman–Crippen LogP) is 25.4. The van der Waals surface area contributed by atoms with E-state index in [4.69, 9.17) is 8.83 Å². The van der Waals surface area contributed by atoms with Gasteiger partial charge in [0.1, 0.15) is 39.8 Å². The molecule has 0 bridgehead atoms. The van der Waals surface area contributed by atoms with Crippen LogP contribution in [0, 0.1) is 17.5 Å². The lowest BCUT2D eigenvalue weighted by Crippen LogP contribution is -2.29. The lowest BCUT2D eigenvalue weighted by Gasteiger charge is -2.36. The first-order valence-corrected chi connectivity index (χ1v) is 32.8. The van der Waals surface area contributed by atoms with Crippen LogP contribution >= 0.6 is 0 Å². The molecule has 17 rings (SSSR count). The Hall–Kier alpha value is -11.4. The molecule has 0 aliphatic heterocycles. The highest BCUT2D eigenvalue weighted by molar-refractivity contribution is 6.25. The molecular formula is C89H65F3N2O2. The van der Waals surface area contributed by atoms with E-state index in [-0.39, 0.29) is 10.8 Å². The molecule has 464 valence electrons. The van der Waals surface area contributed by atoms with Gasteiger partial charge in [0, 0.05) is 44.6 Å². The van der Waals surface area contributed by atoms with Crippen molar-refractivity contribution >= 4 is 99.5 Å². The van der Waals surface area contributed by atoms with E-state index in [9.17, 15) is 0 Å². The van der Waals surface area contributed by atoms with Gasteiger partial charge in [0.15, 0.2) is 0 Å². The molecule has 0 amide bonds. The molecule has 14 aromatic carbocycles. The van der Waals surface area contributed by atoms with Gasteiger partial charge in [-0.2, -0.15) is 0 Å². The van der Waals surface area contributed by atoms with E-state index in [0.29, 0.717) is 72.2 Å². The third-order valence-electron chi connectivity index (χ3n) is 19.8. The lowest BCUT2D eigenvalue weighted by atomic mass is 9.67. The SMILES string of the molecule is CC(C)(C)c1ccc(N(c2ccc(-c3ccc4ccccc4c3)cc2)c2cc3c(c4oc5ccccc5c24)-c2c(cc(N(c4ccc(-c5ccc6ccccc6c5)cc4)c4ccc(C(C)(C)C)cc4)c4c2oc2ccc(F)cc24)C3(c2cccc(F)c2)c2cccc(F)c2)cc1. The third kappa shape index (κ3) is 9.50. The summed E-state index contributed by atoms with van der Waals surface area (Å²) < 4.78 is 65.3. The Balaban J connectivity index is 0.998. The quantitative estimate of drug-likeness (QED) is 0.137. The number of fused-ring (bicyclic) bond motifs is 13. The van der Waals surface area contributed by atoms with Crippen LogP contribution in [0.1, 0.15) is 74.9 Å². The molecule has 0 spiro atoms. The summed E-state index contributed by atoms with van der Waals surface area (Å²) in [4.78, 5) is 4.51. The van der Waals surface area contributed by atoms with E-state index in [1.165, 1.54) is 29.1 Å². The summed E-state index contributed by atoms with van der Waals surface area (Å²) in [6, 6.07) is 95.1. The number of furan rings is 2. The van der Waals surface area contributed by atoms with E-state index in [1.807, 2.05) is 30.3 Å². The number of para-hydroxylation sites is 1. The number of hydrogen-bond acceptors (Lipinski definition) is 4. The van der Waals surface area contributed by atoms with Crippen molar-refractivity contribution in [1.82, 2.24) is 0 Å². The zero-order valence-corrected chi connectivity index (χ0v) is 54.0. The second kappa shape index (κ2) is 22.1. The molecule has 7 heteroatoms. The van der Waals surface area contributed by atoms with E-state index in [0.717, 1.165) is 83.2 Å². The number of anilines is 6.